The molecule has 172 valence electrons. The molecule has 8 heteroatoms. The van der Waals surface area contributed by atoms with Gasteiger partial charge in [-0.25, -0.2) is 8.42 Å². The van der Waals surface area contributed by atoms with Crippen LogP contribution in [-0.2, 0) is 14.8 Å². The van der Waals surface area contributed by atoms with Crippen LogP contribution in [-0.4, -0.2) is 44.4 Å². The lowest BCUT2D eigenvalue weighted by atomic mass is 10.1. The second kappa shape index (κ2) is 9.92. The number of ether oxygens (including phenoxy) is 1. The number of carbonyl (C=O) groups excluding carboxylic acids is 1. The molecule has 1 saturated carbocycles. The Bertz CT molecular complexity index is 1030. The number of piperidine rings is 1. The van der Waals surface area contributed by atoms with Crippen molar-refractivity contribution >= 4 is 21.6 Å². The third-order valence-electron chi connectivity index (χ3n) is 5.81. The summed E-state index contributed by atoms with van der Waals surface area (Å²) in [6.45, 7) is 3.23. The first-order chi connectivity index (χ1) is 15.5. The van der Waals surface area contributed by atoms with E-state index in [0.717, 1.165) is 37.7 Å². The molecule has 2 N–H and O–H groups in total. The van der Waals surface area contributed by atoms with Crippen molar-refractivity contribution in [3.8, 4) is 5.75 Å². The van der Waals surface area contributed by atoms with Gasteiger partial charge in [-0.05, 0) is 56.4 Å². The van der Waals surface area contributed by atoms with Crippen LogP contribution in [0.3, 0.4) is 0 Å². The van der Waals surface area contributed by atoms with Crippen molar-refractivity contribution < 1.29 is 17.9 Å². The van der Waals surface area contributed by atoms with Crippen LogP contribution in [0.15, 0.2) is 53.4 Å². The Labute approximate surface area is 190 Å². The number of hydrogen-bond donors (Lipinski definition) is 2. The maximum absolute atomic E-state index is 13.4. The van der Waals surface area contributed by atoms with E-state index >= 15 is 0 Å². The number of anilines is 1. The zero-order valence-corrected chi connectivity index (χ0v) is 19.2. The van der Waals surface area contributed by atoms with Gasteiger partial charge in [0.05, 0.1) is 6.61 Å². The zero-order chi connectivity index (χ0) is 22.6. The minimum absolute atomic E-state index is 0.118. The van der Waals surface area contributed by atoms with E-state index in [1.807, 2.05) is 37.3 Å². The zero-order valence-electron chi connectivity index (χ0n) is 18.4. The second-order valence-electron chi connectivity index (χ2n) is 8.33. The van der Waals surface area contributed by atoms with Gasteiger partial charge < -0.3 is 15.4 Å². The predicted octanol–water partition coefficient (Wildman–Crippen LogP) is 3.69. The molecule has 1 heterocycles. The molecule has 1 aliphatic carbocycles. The van der Waals surface area contributed by atoms with Crippen molar-refractivity contribution in [3.63, 3.8) is 0 Å². The molecule has 7 nitrogen and oxygen atoms in total. The van der Waals surface area contributed by atoms with Gasteiger partial charge in [0.25, 0.3) is 0 Å². The minimum Gasteiger partial charge on any atom is -0.492 e. The predicted molar refractivity (Wildman–Crippen MR) is 124 cm³/mol. The van der Waals surface area contributed by atoms with Crippen LogP contribution in [0.4, 0.5) is 5.69 Å². The molecule has 1 saturated heterocycles. The number of rotatable bonds is 9. The molecule has 2 aliphatic rings. The minimum atomic E-state index is -3.70. The average molecular weight is 458 g/mol. The summed E-state index contributed by atoms with van der Waals surface area (Å²) >= 11 is 0. The van der Waals surface area contributed by atoms with E-state index in [0.29, 0.717) is 31.1 Å². The van der Waals surface area contributed by atoms with Gasteiger partial charge in [-0.2, -0.15) is 4.31 Å². The Hall–Kier alpha value is -2.58. The molecule has 2 aromatic carbocycles. The summed E-state index contributed by atoms with van der Waals surface area (Å²) < 4.78 is 34.0. The topological polar surface area (TPSA) is 87.7 Å². The van der Waals surface area contributed by atoms with Crippen LogP contribution in [0.2, 0.25) is 0 Å². The summed E-state index contributed by atoms with van der Waals surface area (Å²) in [7, 11) is -3.70. The summed E-state index contributed by atoms with van der Waals surface area (Å²) in [6.07, 6.45) is 4.75. The van der Waals surface area contributed by atoms with Crippen LogP contribution in [0.25, 0.3) is 0 Å². The molecule has 32 heavy (non-hydrogen) atoms. The Balaban J connectivity index is 1.66. The summed E-state index contributed by atoms with van der Waals surface area (Å²) in [5.41, 5.74) is 1.38. The van der Waals surface area contributed by atoms with Crippen molar-refractivity contribution in [1.29, 1.82) is 0 Å². The number of benzene rings is 2. The van der Waals surface area contributed by atoms with Gasteiger partial charge in [0, 0.05) is 24.8 Å². The fraction of sp³-hybridized carbons (Fsp3) is 0.458. The van der Waals surface area contributed by atoms with E-state index in [4.69, 9.17) is 4.74 Å². The van der Waals surface area contributed by atoms with Crippen LogP contribution >= 0.6 is 0 Å². The van der Waals surface area contributed by atoms with E-state index in [-0.39, 0.29) is 16.8 Å². The highest BCUT2D eigenvalue weighted by Crippen LogP contribution is 2.33. The van der Waals surface area contributed by atoms with Gasteiger partial charge >= 0.3 is 0 Å². The normalized spacial score (nSPS) is 18.0. The molecule has 0 radical (unpaired) electrons. The summed E-state index contributed by atoms with van der Waals surface area (Å²) in [6, 6.07) is 14.1. The fourth-order valence-corrected chi connectivity index (χ4v) is 5.62. The maximum atomic E-state index is 13.4. The van der Waals surface area contributed by atoms with E-state index in [1.165, 1.54) is 4.31 Å². The molecule has 0 aromatic heterocycles. The number of hydrogen-bond acceptors (Lipinski definition) is 5. The van der Waals surface area contributed by atoms with Crippen LogP contribution in [0.5, 0.6) is 5.75 Å². The lowest BCUT2D eigenvalue weighted by Gasteiger charge is -2.27. The number of carbonyl (C=O) groups is 1. The van der Waals surface area contributed by atoms with E-state index in [9.17, 15) is 13.2 Å². The molecular weight excluding hydrogens is 426 g/mol. The molecule has 1 amide bonds. The largest absolute Gasteiger partial charge is 0.492 e. The highest BCUT2D eigenvalue weighted by atomic mass is 32.2. The number of sulfonamides is 1. The van der Waals surface area contributed by atoms with Crippen LogP contribution < -0.4 is 15.4 Å². The smallest absolute Gasteiger partial charge is 0.247 e. The standard InChI is InChI=1S/C24H31N3O4S/c1-2-31-21-14-13-20(17-22(21)32(29,30)27-15-7-4-8-16-27)25-23(18-9-5-3-6-10-18)24(28)26-19-11-12-19/h3,5-6,9-10,13-14,17,19,23,25H,2,4,7-8,11-12,15-16H2,1H3,(H,26,28)/t23-/m0/s1. The maximum Gasteiger partial charge on any atom is 0.247 e. The molecule has 2 aromatic rings. The highest BCUT2D eigenvalue weighted by molar-refractivity contribution is 7.89. The van der Waals surface area contributed by atoms with Gasteiger partial charge in [0.1, 0.15) is 16.7 Å². The lowest BCUT2D eigenvalue weighted by molar-refractivity contribution is -0.122. The Morgan fingerprint density at radius 2 is 1.81 bits per heavy atom. The van der Waals surface area contributed by atoms with Crippen LogP contribution in [0.1, 0.15) is 50.6 Å². The monoisotopic (exact) mass is 457 g/mol. The van der Waals surface area contributed by atoms with Crippen molar-refractivity contribution in [2.24, 2.45) is 0 Å². The molecule has 2 fully saturated rings. The van der Waals surface area contributed by atoms with E-state index < -0.39 is 16.1 Å². The summed E-state index contributed by atoms with van der Waals surface area (Å²) in [4.78, 5) is 13.1. The van der Waals surface area contributed by atoms with Crippen molar-refractivity contribution in [3.05, 3.63) is 54.1 Å². The molecule has 1 aliphatic heterocycles. The first kappa shape index (κ1) is 22.6. The van der Waals surface area contributed by atoms with Gasteiger partial charge in [-0.1, -0.05) is 36.8 Å². The fourth-order valence-electron chi connectivity index (χ4n) is 3.94. The van der Waals surface area contributed by atoms with Crippen molar-refractivity contribution in [2.45, 2.75) is 56.0 Å². The van der Waals surface area contributed by atoms with Crippen molar-refractivity contribution in [1.82, 2.24) is 9.62 Å². The number of nitrogens with zero attached hydrogens (tertiary/aromatic N) is 1. The van der Waals surface area contributed by atoms with Gasteiger partial charge in [-0.3, -0.25) is 4.79 Å². The van der Waals surface area contributed by atoms with Crippen LogP contribution in [0, 0.1) is 0 Å². The van der Waals surface area contributed by atoms with Crippen molar-refractivity contribution in [2.75, 3.05) is 25.0 Å². The number of nitrogens with one attached hydrogen (secondary N) is 2. The van der Waals surface area contributed by atoms with E-state index in [1.54, 1.807) is 18.2 Å². The average Bonchev–Trinajstić information content (AvgIpc) is 3.63. The first-order valence-electron chi connectivity index (χ1n) is 11.4. The number of amides is 1. The SMILES string of the molecule is CCOc1ccc(N[C@H](C(=O)NC2CC2)c2ccccc2)cc1S(=O)(=O)N1CCCCC1. The third-order valence-corrected chi connectivity index (χ3v) is 7.73. The molecular formula is C24H31N3O4S. The molecule has 4 rings (SSSR count). The Morgan fingerprint density at radius 1 is 1.09 bits per heavy atom. The molecule has 1 atom stereocenters. The quantitative estimate of drug-likeness (QED) is 0.600. The van der Waals surface area contributed by atoms with Gasteiger partial charge in [0.15, 0.2) is 0 Å². The molecule has 0 spiro atoms. The highest BCUT2D eigenvalue weighted by Gasteiger charge is 2.31. The Kier molecular flexibility index (Phi) is 7.01. The van der Waals surface area contributed by atoms with Gasteiger partial charge in [0.2, 0.25) is 15.9 Å². The molecule has 0 unspecified atom stereocenters. The second-order valence-corrected chi connectivity index (χ2v) is 10.2. The van der Waals surface area contributed by atoms with Gasteiger partial charge in [-0.15, -0.1) is 0 Å². The lowest BCUT2D eigenvalue weighted by Crippen LogP contribution is -2.36. The van der Waals surface area contributed by atoms with E-state index in [2.05, 4.69) is 10.6 Å². The summed E-state index contributed by atoms with van der Waals surface area (Å²) in [5, 5.41) is 6.31. The Morgan fingerprint density at radius 3 is 2.47 bits per heavy atom. The molecule has 0 bridgehead atoms. The third kappa shape index (κ3) is 5.24. The first-order valence-corrected chi connectivity index (χ1v) is 12.8. The summed E-state index contributed by atoms with van der Waals surface area (Å²) in [5.74, 6) is 0.218.